The highest BCUT2D eigenvalue weighted by Gasteiger charge is 2.15. The second-order valence-electron chi connectivity index (χ2n) is 4.79. The van der Waals surface area contributed by atoms with E-state index in [0.29, 0.717) is 25.7 Å². The summed E-state index contributed by atoms with van der Waals surface area (Å²) in [5.41, 5.74) is 0. The number of nitrogens with zero attached hydrogens (tertiary/aromatic N) is 1. The van der Waals surface area contributed by atoms with Crippen LogP contribution in [-0.4, -0.2) is 64.0 Å². The van der Waals surface area contributed by atoms with Gasteiger partial charge in [-0.15, -0.1) is 24.0 Å². The van der Waals surface area contributed by atoms with Crippen LogP contribution in [0.3, 0.4) is 0 Å². The first-order valence-corrected chi connectivity index (χ1v) is 7.74. The van der Waals surface area contributed by atoms with Crippen molar-refractivity contribution in [3.8, 4) is 0 Å². The fourth-order valence-corrected chi connectivity index (χ4v) is 1.92. The van der Waals surface area contributed by atoms with Crippen LogP contribution in [0.1, 0.15) is 26.7 Å². The Morgan fingerprint density at radius 2 is 2.05 bits per heavy atom. The van der Waals surface area contributed by atoms with Crippen LogP contribution >= 0.6 is 24.0 Å². The van der Waals surface area contributed by atoms with Gasteiger partial charge in [0.1, 0.15) is 6.54 Å². The van der Waals surface area contributed by atoms with Gasteiger partial charge in [-0.3, -0.25) is 4.79 Å². The molecule has 1 unspecified atom stereocenters. The third-order valence-corrected chi connectivity index (χ3v) is 2.95. The van der Waals surface area contributed by atoms with Crippen LogP contribution in [0.5, 0.6) is 0 Å². The summed E-state index contributed by atoms with van der Waals surface area (Å²) in [6, 6.07) is 0. The Kier molecular flexibility index (Phi) is 13.6. The highest BCUT2D eigenvalue weighted by molar-refractivity contribution is 14.0. The van der Waals surface area contributed by atoms with Crippen molar-refractivity contribution in [2.24, 2.45) is 4.99 Å². The van der Waals surface area contributed by atoms with Gasteiger partial charge in [-0.1, -0.05) is 0 Å². The number of guanidine groups is 1. The molecule has 1 saturated heterocycles. The molecule has 1 aliphatic rings. The molecule has 0 aromatic carbocycles. The second-order valence-corrected chi connectivity index (χ2v) is 4.79. The van der Waals surface area contributed by atoms with Gasteiger partial charge in [0, 0.05) is 32.8 Å². The van der Waals surface area contributed by atoms with Crippen LogP contribution in [0.2, 0.25) is 0 Å². The molecule has 1 rings (SSSR count). The topological polar surface area (TPSA) is 84.0 Å². The maximum absolute atomic E-state index is 11.4. The van der Waals surface area contributed by atoms with Crippen molar-refractivity contribution in [3.05, 3.63) is 0 Å². The lowest BCUT2D eigenvalue weighted by atomic mass is 10.3. The Morgan fingerprint density at radius 1 is 1.27 bits per heavy atom. The summed E-state index contributed by atoms with van der Waals surface area (Å²) in [4.78, 5) is 15.6. The molecule has 22 heavy (non-hydrogen) atoms. The van der Waals surface area contributed by atoms with Crippen molar-refractivity contribution in [1.82, 2.24) is 16.0 Å². The van der Waals surface area contributed by atoms with Crippen molar-refractivity contribution in [2.45, 2.75) is 32.8 Å². The van der Waals surface area contributed by atoms with E-state index in [-0.39, 0.29) is 42.5 Å². The van der Waals surface area contributed by atoms with Crippen molar-refractivity contribution in [1.29, 1.82) is 0 Å². The van der Waals surface area contributed by atoms with E-state index in [2.05, 4.69) is 20.9 Å². The van der Waals surface area contributed by atoms with E-state index < -0.39 is 0 Å². The molecule has 1 atom stereocenters. The van der Waals surface area contributed by atoms with E-state index in [1.54, 1.807) is 0 Å². The van der Waals surface area contributed by atoms with E-state index in [4.69, 9.17) is 9.47 Å². The van der Waals surface area contributed by atoms with Gasteiger partial charge >= 0.3 is 0 Å². The zero-order valence-electron chi connectivity index (χ0n) is 13.5. The number of likely N-dealkylation sites (N-methyl/N-ethyl adjacent to an activating group) is 1. The van der Waals surface area contributed by atoms with Crippen LogP contribution in [0, 0.1) is 0 Å². The number of nitrogens with one attached hydrogen (secondary N) is 3. The van der Waals surface area contributed by atoms with Gasteiger partial charge in [0.25, 0.3) is 0 Å². The van der Waals surface area contributed by atoms with Crippen molar-refractivity contribution >= 4 is 35.8 Å². The Morgan fingerprint density at radius 3 is 2.68 bits per heavy atom. The van der Waals surface area contributed by atoms with Gasteiger partial charge in [-0.2, -0.15) is 0 Å². The zero-order valence-corrected chi connectivity index (χ0v) is 15.9. The maximum Gasteiger partial charge on any atom is 0.241 e. The highest BCUT2D eigenvalue weighted by atomic mass is 127. The summed E-state index contributed by atoms with van der Waals surface area (Å²) in [5, 5.41) is 9.02. The molecule has 0 saturated carbocycles. The number of hydrogen-bond acceptors (Lipinski definition) is 4. The number of rotatable bonds is 9. The molecule has 130 valence electrons. The maximum atomic E-state index is 11.4. The summed E-state index contributed by atoms with van der Waals surface area (Å²) < 4.78 is 10.9. The third-order valence-electron chi connectivity index (χ3n) is 2.95. The monoisotopic (exact) mass is 428 g/mol. The van der Waals surface area contributed by atoms with Gasteiger partial charge < -0.3 is 25.4 Å². The Balaban J connectivity index is 0.00000441. The van der Waals surface area contributed by atoms with Gasteiger partial charge in [-0.25, -0.2) is 4.99 Å². The number of halogens is 1. The van der Waals surface area contributed by atoms with Crippen LogP contribution < -0.4 is 16.0 Å². The predicted molar refractivity (Wildman–Crippen MR) is 97.9 cm³/mol. The number of aliphatic imine (C=N–C) groups is 1. The fourth-order valence-electron chi connectivity index (χ4n) is 1.92. The summed E-state index contributed by atoms with van der Waals surface area (Å²) in [5.74, 6) is 0.590. The SMILES string of the molecule is CCNC(=O)CN=C(NCC)NCCCOC1CCOC1.I. The molecule has 7 nitrogen and oxygen atoms in total. The van der Waals surface area contributed by atoms with Crippen molar-refractivity contribution in [3.63, 3.8) is 0 Å². The molecule has 0 aliphatic carbocycles. The lowest BCUT2D eigenvalue weighted by Gasteiger charge is -2.12. The third kappa shape index (κ3) is 10.2. The first kappa shape index (κ1) is 21.4. The average Bonchev–Trinajstić information content (AvgIpc) is 2.98. The predicted octanol–water partition coefficient (Wildman–Crippen LogP) is 0.491. The number of ether oxygens (including phenoxy) is 2. The molecular formula is C14H29IN4O3. The number of hydrogen-bond donors (Lipinski definition) is 3. The average molecular weight is 428 g/mol. The highest BCUT2D eigenvalue weighted by Crippen LogP contribution is 2.07. The van der Waals surface area contributed by atoms with Crippen LogP contribution in [0.25, 0.3) is 0 Å². The largest absolute Gasteiger partial charge is 0.379 e. The zero-order chi connectivity index (χ0) is 15.3. The number of carbonyl (C=O) groups is 1. The molecule has 0 radical (unpaired) electrons. The smallest absolute Gasteiger partial charge is 0.241 e. The Hall–Kier alpha value is -0.610. The van der Waals surface area contributed by atoms with Gasteiger partial charge in [-0.05, 0) is 26.7 Å². The molecular weight excluding hydrogens is 399 g/mol. The summed E-state index contributed by atoms with van der Waals surface area (Å²) in [6.45, 7) is 8.39. The van der Waals surface area contributed by atoms with E-state index >= 15 is 0 Å². The molecule has 0 bridgehead atoms. The number of carbonyl (C=O) groups excluding carboxylic acids is 1. The summed E-state index contributed by atoms with van der Waals surface area (Å²) >= 11 is 0. The molecule has 1 amide bonds. The second kappa shape index (κ2) is 14.0. The van der Waals surface area contributed by atoms with Crippen molar-refractivity contribution < 1.29 is 14.3 Å². The molecule has 3 N–H and O–H groups in total. The first-order valence-electron chi connectivity index (χ1n) is 7.74. The van der Waals surface area contributed by atoms with E-state index in [9.17, 15) is 4.79 Å². The molecule has 0 aromatic rings. The van der Waals surface area contributed by atoms with Crippen LogP contribution in [-0.2, 0) is 14.3 Å². The van der Waals surface area contributed by atoms with Gasteiger partial charge in [0.2, 0.25) is 5.91 Å². The van der Waals surface area contributed by atoms with Gasteiger partial charge in [0.15, 0.2) is 5.96 Å². The first-order chi connectivity index (χ1) is 10.3. The minimum absolute atomic E-state index is 0. The van der Waals surface area contributed by atoms with E-state index in [1.807, 2.05) is 13.8 Å². The summed E-state index contributed by atoms with van der Waals surface area (Å²) in [6.07, 6.45) is 2.14. The van der Waals surface area contributed by atoms with Crippen LogP contribution in [0.15, 0.2) is 4.99 Å². The lowest BCUT2D eigenvalue weighted by molar-refractivity contribution is -0.119. The molecule has 0 aromatic heterocycles. The molecule has 1 aliphatic heterocycles. The minimum Gasteiger partial charge on any atom is -0.379 e. The van der Waals surface area contributed by atoms with E-state index in [0.717, 1.165) is 32.5 Å². The van der Waals surface area contributed by atoms with E-state index in [1.165, 1.54) is 0 Å². The standard InChI is InChI=1S/C14H28N4O3.HI/c1-3-15-13(19)10-18-14(16-4-2)17-7-5-8-21-12-6-9-20-11-12;/h12H,3-11H2,1-2H3,(H,15,19)(H2,16,17,18);1H. The minimum atomic E-state index is -0.0701. The Labute approximate surface area is 150 Å². The lowest BCUT2D eigenvalue weighted by Crippen LogP contribution is -2.39. The van der Waals surface area contributed by atoms with Crippen molar-refractivity contribution in [2.75, 3.05) is 46.0 Å². The Bertz CT molecular complexity index is 323. The summed E-state index contributed by atoms with van der Waals surface area (Å²) in [7, 11) is 0. The molecule has 1 fully saturated rings. The van der Waals surface area contributed by atoms with Gasteiger partial charge in [0.05, 0.1) is 12.7 Å². The fraction of sp³-hybridized carbons (Fsp3) is 0.857. The molecule has 1 heterocycles. The number of amides is 1. The van der Waals surface area contributed by atoms with Crippen LogP contribution in [0.4, 0.5) is 0 Å². The molecule has 8 heteroatoms. The normalized spacial score (nSPS) is 17.7. The quantitative estimate of drug-likeness (QED) is 0.216. The molecule has 0 spiro atoms.